The predicted octanol–water partition coefficient (Wildman–Crippen LogP) is 8.45. The van der Waals surface area contributed by atoms with Gasteiger partial charge in [0.2, 0.25) is 5.75 Å². The maximum absolute atomic E-state index is 12.7. The van der Waals surface area contributed by atoms with Crippen LogP contribution in [0.15, 0.2) is 30.3 Å². The number of aliphatic hydroxyl groups is 1. The Hall–Kier alpha value is -3.32. The zero-order valence-corrected chi connectivity index (χ0v) is 29.9. The lowest BCUT2D eigenvalue weighted by Gasteiger charge is -2.42. The first-order valence-electron chi connectivity index (χ1n) is 17.6. The molecule has 0 aromatic heterocycles. The normalized spacial score (nSPS) is 27.3. The molecule has 3 aromatic rings. The van der Waals surface area contributed by atoms with Gasteiger partial charge in [-0.2, -0.15) is 0 Å². The van der Waals surface area contributed by atoms with Crippen LogP contribution >= 0.6 is 21.6 Å². The van der Waals surface area contributed by atoms with E-state index in [1.54, 1.807) is 31.1 Å². The zero-order valence-electron chi connectivity index (χ0n) is 28.3. The lowest BCUT2D eigenvalue weighted by molar-refractivity contribution is 0.000868. The Morgan fingerprint density at radius 1 is 0.918 bits per heavy atom. The van der Waals surface area contributed by atoms with Crippen LogP contribution in [0.2, 0.25) is 0 Å². The van der Waals surface area contributed by atoms with Crippen LogP contribution < -0.4 is 18.9 Å². The fourth-order valence-corrected chi connectivity index (χ4v) is 11.5. The first-order valence-corrected chi connectivity index (χ1v) is 20.0. The lowest BCUT2D eigenvalue weighted by Crippen LogP contribution is -2.40. The Balaban J connectivity index is 1.35. The highest BCUT2D eigenvalue weighted by Gasteiger charge is 2.47. The van der Waals surface area contributed by atoms with E-state index in [4.69, 9.17) is 18.9 Å². The average Bonchev–Trinajstić information content (AvgIpc) is 3.62. The van der Waals surface area contributed by atoms with E-state index in [-0.39, 0.29) is 34.7 Å². The van der Waals surface area contributed by atoms with Gasteiger partial charge in [-0.25, -0.2) is 0 Å². The van der Waals surface area contributed by atoms with Crippen molar-refractivity contribution >= 4 is 21.6 Å². The van der Waals surface area contributed by atoms with Gasteiger partial charge in [-0.05, 0) is 91.7 Å². The summed E-state index contributed by atoms with van der Waals surface area (Å²) in [7, 11) is 6.83. The van der Waals surface area contributed by atoms with Crippen molar-refractivity contribution in [1.82, 2.24) is 0 Å². The van der Waals surface area contributed by atoms with Crippen LogP contribution in [0.5, 0.6) is 34.5 Å². The number of fused-ring (bicyclic) bond motifs is 7. The average molecular weight is 701 g/mol. The fraction of sp³-hybridized carbons (Fsp3) is 0.500. The van der Waals surface area contributed by atoms with E-state index in [0.717, 1.165) is 90.5 Å². The molecule has 3 aromatic carbocycles. The molecule has 3 N–H and O–H groups in total. The molecule has 9 heteroatoms. The van der Waals surface area contributed by atoms with E-state index >= 15 is 0 Å². The van der Waals surface area contributed by atoms with Crippen LogP contribution in [0.1, 0.15) is 97.6 Å². The third-order valence-corrected chi connectivity index (χ3v) is 13.9. The monoisotopic (exact) mass is 700 g/mol. The Morgan fingerprint density at radius 3 is 2.55 bits per heavy atom. The van der Waals surface area contributed by atoms with Crippen LogP contribution in [-0.4, -0.2) is 52.7 Å². The van der Waals surface area contributed by atoms with Crippen LogP contribution in [0.25, 0.3) is 11.1 Å². The number of phenols is 2. The summed E-state index contributed by atoms with van der Waals surface area (Å²) in [5, 5.41) is 34.5. The minimum atomic E-state index is -0.938. The van der Waals surface area contributed by atoms with Gasteiger partial charge in [-0.1, -0.05) is 52.8 Å². The standard InChI is InChI=1S/C40H44O7S2/c1-21-11-12-22-17-29-34(25-14-13-23(41)18-27(22)25)30(44-2)20-31-35(29)36-33(49-48-16-15-21)10-6-9-26-28(40(47-31)38(36)43)19-32(37(42)39(26)45-3)46-24-7-4-5-8-24/h13-14,18-22,24,33,36,38,40-43H,4-5,7-9,11-12,15-17H2,1-3H3/t21-,22+,33-,36-,38+,40-/m0/s1. The van der Waals surface area contributed by atoms with Gasteiger partial charge in [0.05, 0.1) is 25.6 Å². The number of hydrogen-bond donors (Lipinski definition) is 3. The predicted molar refractivity (Wildman–Crippen MR) is 195 cm³/mol. The summed E-state index contributed by atoms with van der Waals surface area (Å²) >= 11 is 0. The second-order valence-corrected chi connectivity index (χ2v) is 16.9. The van der Waals surface area contributed by atoms with Crippen LogP contribution in [0.4, 0.5) is 0 Å². The van der Waals surface area contributed by atoms with Crippen molar-refractivity contribution in [3.05, 3.63) is 58.1 Å². The molecule has 0 unspecified atom stereocenters. The van der Waals surface area contributed by atoms with Crippen molar-refractivity contribution in [2.45, 2.75) is 100 Å². The molecule has 258 valence electrons. The molecule has 2 aliphatic heterocycles. The van der Waals surface area contributed by atoms with E-state index in [1.807, 2.05) is 35.1 Å². The van der Waals surface area contributed by atoms with Gasteiger partial charge in [0.15, 0.2) is 17.6 Å². The van der Waals surface area contributed by atoms with Gasteiger partial charge >= 0.3 is 0 Å². The van der Waals surface area contributed by atoms with Gasteiger partial charge < -0.3 is 34.3 Å². The quantitative estimate of drug-likeness (QED) is 0.183. The minimum absolute atomic E-state index is 0.0205. The lowest BCUT2D eigenvalue weighted by atomic mass is 9.70. The highest BCUT2D eigenvalue weighted by molar-refractivity contribution is 8.77. The van der Waals surface area contributed by atoms with Gasteiger partial charge in [-0.3, -0.25) is 0 Å². The Bertz CT molecular complexity index is 1820. The molecule has 3 aliphatic carbocycles. The van der Waals surface area contributed by atoms with E-state index in [1.165, 1.54) is 0 Å². The Labute approximate surface area is 296 Å². The first kappa shape index (κ1) is 32.9. The third-order valence-electron chi connectivity index (χ3n) is 11.3. The van der Waals surface area contributed by atoms with Crippen molar-refractivity contribution in [2.24, 2.45) is 5.92 Å². The van der Waals surface area contributed by atoms with Gasteiger partial charge in [0.1, 0.15) is 23.4 Å². The van der Waals surface area contributed by atoms with Crippen molar-refractivity contribution in [1.29, 1.82) is 0 Å². The van der Waals surface area contributed by atoms with E-state index < -0.39 is 12.2 Å². The second-order valence-electron chi connectivity index (χ2n) is 14.2. The molecule has 6 atom stereocenters. The molecule has 1 fully saturated rings. The van der Waals surface area contributed by atoms with Gasteiger partial charge in [-0.15, -0.1) is 0 Å². The number of benzene rings is 3. The number of aromatic hydroxyl groups is 2. The molecule has 0 spiro atoms. The summed E-state index contributed by atoms with van der Waals surface area (Å²) in [5.74, 6) is 10.7. The summed E-state index contributed by atoms with van der Waals surface area (Å²) in [4.78, 5) is 0. The minimum Gasteiger partial charge on any atom is -0.508 e. The number of phenolic OH excluding ortho intramolecular Hbond substituents is 2. The molecule has 4 bridgehead atoms. The number of ether oxygens (including phenoxy) is 4. The maximum Gasteiger partial charge on any atom is 0.201 e. The van der Waals surface area contributed by atoms with Crippen molar-refractivity contribution in [2.75, 3.05) is 20.0 Å². The largest absolute Gasteiger partial charge is 0.508 e. The second kappa shape index (κ2) is 13.4. The molecular weight excluding hydrogens is 657 g/mol. The summed E-state index contributed by atoms with van der Waals surface area (Å²) in [6.45, 7) is 2.33. The number of methoxy groups -OCH3 is 2. The van der Waals surface area contributed by atoms with Crippen LogP contribution in [0, 0.1) is 17.8 Å². The third kappa shape index (κ3) is 5.78. The molecule has 0 saturated heterocycles. The van der Waals surface area contributed by atoms with E-state index in [2.05, 4.69) is 18.8 Å². The maximum atomic E-state index is 12.7. The summed E-state index contributed by atoms with van der Waals surface area (Å²) in [6.07, 6.45) is 6.68. The zero-order chi connectivity index (χ0) is 33.8. The van der Waals surface area contributed by atoms with Crippen LogP contribution in [-0.2, 0) is 12.8 Å². The molecule has 5 aliphatic rings. The summed E-state index contributed by atoms with van der Waals surface area (Å²) in [5.41, 5.74) is 6.78. The molecule has 2 heterocycles. The molecular formula is C40H44O7S2. The van der Waals surface area contributed by atoms with E-state index in [0.29, 0.717) is 40.9 Å². The SMILES string of the molecule is COc1cc2c3c4c1-c1ccc(O)cc1[C@H](CC[C@H](C)CCSS[C@H]1C#CCc5c(cc(OC6CCCC6)c(O)c5OC)[C@H](O2)[C@H](O)[C@H]31)C4. The Kier molecular flexibility index (Phi) is 9.00. The van der Waals surface area contributed by atoms with E-state index in [9.17, 15) is 15.3 Å². The number of aliphatic hydroxyl groups excluding tert-OH is 1. The molecule has 0 radical (unpaired) electrons. The smallest absolute Gasteiger partial charge is 0.201 e. The highest BCUT2D eigenvalue weighted by Crippen LogP contribution is 2.58. The fourth-order valence-electron chi connectivity index (χ4n) is 8.73. The number of rotatable bonds is 4. The van der Waals surface area contributed by atoms with Gasteiger partial charge in [0, 0.05) is 46.4 Å². The highest BCUT2D eigenvalue weighted by atomic mass is 33.1. The molecule has 0 amide bonds. The Morgan fingerprint density at radius 2 is 1.76 bits per heavy atom. The first-order chi connectivity index (χ1) is 23.9. The van der Waals surface area contributed by atoms with Gasteiger partial charge in [0.25, 0.3) is 0 Å². The molecule has 1 saturated carbocycles. The van der Waals surface area contributed by atoms with Crippen molar-refractivity contribution in [3.8, 4) is 57.5 Å². The molecule has 49 heavy (non-hydrogen) atoms. The molecule has 7 nitrogen and oxygen atoms in total. The molecule has 8 rings (SSSR count). The summed E-state index contributed by atoms with van der Waals surface area (Å²) in [6, 6.07) is 9.53. The van der Waals surface area contributed by atoms with Crippen molar-refractivity contribution in [3.63, 3.8) is 0 Å². The number of hydrogen-bond acceptors (Lipinski definition) is 9. The van der Waals surface area contributed by atoms with Crippen LogP contribution in [0.3, 0.4) is 0 Å². The van der Waals surface area contributed by atoms with Crippen molar-refractivity contribution < 1.29 is 34.3 Å². The topological polar surface area (TPSA) is 97.6 Å². The summed E-state index contributed by atoms with van der Waals surface area (Å²) < 4.78 is 25.3.